The highest BCUT2D eigenvalue weighted by Crippen LogP contribution is 1.97. The number of ether oxygens (including phenoxy) is 1. The van der Waals surface area contributed by atoms with Crippen molar-refractivity contribution >= 4 is 10.0 Å². The lowest BCUT2D eigenvalue weighted by Gasteiger charge is -2.26. The van der Waals surface area contributed by atoms with Crippen molar-refractivity contribution in [3.63, 3.8) is 0 Å². The van der Waals surface area contributed by atoms with Crippen LogP contribution < -0.4 is 4.72 Å². The fourth-order valence-corrected chi connectivity index (χ4v) is 2.22. The molecular formula is C9H17N3O3S. The summed E-state index contributed by atoms with van der Waals surface area (Å²) in [6.07, 6.45) is 0.755. The van der Waals surface area contributed by atoms with Gasteiger partial charge in [-0.3, -0.25) is 4.90 Å². The quantitative estimate of drug-likeness (QED) is 0.618. The number of rotatable bonds is 6. The van der Waals surface area contributed by atoms with Crippen LogP contribution in [0.2, 0.25) is 0 Å². The van der Waals surface area contributed by atoms with E-state index in [1.54, 1.807) is 6.07 Å². The molecule has 0 aromatic rings. The maximum absolute atomic E-state index is 11.1. The van der Waals surface area contributed by atoms with Gasteiger partial charge in [-0.05, 0) is 13.0 Å². The van der Waals surface area contributed by atoms with E-state index in [4.69, 9.17) is 10.00 Å². The number of sulfonamides is 1. The summed E-state index contributed by atoms with van der Waals surface area (Å²) in [6, 6.07) is 1.62. The molecule has 1 saturated heterocycles. The predicted molar refractivity (Wildman–Crippen MR) is 59.3 cm³/mol. The molecule has 0 spiro atoms. The average Bonchev–Trinajstić information content (AvgIpc) is 2.26. The van der Waals surface area contributed by atoms with Crippen molar-refractivity contribution in [2.45, 2.75) is 6.42 Å². The summed E-state index contributed by atoms with van der Waals surface area (Å²) in [7, 11) is -3.39. The van der Waals surface area contributed by atoms with Gasteiger partial charge in [0.15, 0.2) is 5.75 Å². The Morgan fingerprint density at radius 3 is 2.69 bits per heavy atom. The molecule has 1 aliphatic rings. The van der Waals surface area contributed by atoms with E-state index in [1.807, 2.05) is 0 Å². The second-order valence-corrected chi connectivity index (χ2v) is 5.43. The molecule has 1 heterocycles. The van der Waals surface area contributed by atoms with Crippen molar-refractivity contribution in [2.24, 2.45) is 0 Å². The zero-order chi connectivity index (χ0) is 11.9. The number of morpholine rings is 1. The van der Waals surface area contributed by atoms with Gasteiger partial charge in [-0.2, -0.15) is 5.26 Å². The predicted octanol–water partition coefficient (Wildman–Crippen LogP) is -0.848. The van der Waals surface area contributed by atoms with Gasteiger partial charge in [-0.15, -0.1) is 0 Å². The molecule has 1 N–H and O–H groups in total. The van der Waals surface area contributed by atoms with Gasteiger partial charge in [-0.1, -0.05) is 0 Å². The standard InChI is InChI=1S/C9H17N3O3S/c10-2-9-16(13,14)11-3-1-4-12-5-7-15-8-6-12/h11H,1,3-9H2. The first kappa shape index (κ1) is 13.4. The molecule has 0 radical (unpaired) electrons. The van der Waals surface area contributed by atoms with Gasteiger partial charge in [0.2, 0.25) is 10.0 Å². The molecule has 7 heteroatoms. The molecule has 0 aliphatic carbocycles. The maximum atomic E-state index is 11.1. The summed E-state index contributed by atoms with van der Waals surface area (Å²) in [5.74, 6) is -0.468. The van der Waals surface area contributed by atoms with E-state index in [0.717, 1.165) is 39.3 Å². The summed E-state index contributed by atoms with van der Waals surface area (Å²) < 4.78 is 29.8. The van der Waals surface area contributed by atoms with Crippen LogP contribution in [0.3, 0.4) is 0 Å². The molecule has 0 amide bonds. The Labute approximate surface area is 96.2 Å². The molecule has 1 aliphatic heterocycles. The molecule has 0 aromatic carbocycles. The van der Waals surface area contributed by atoms with Crippen LogP contribution in [-0.4, -0.2) is 58.5 Å². The zero-order valence-electron chi connectivity index (χ0n) is 9.18. The topological polar surface area (TPSA) is 82.4 Å². The molecule has 0 atom stereocenters. The average molecular weight is 247 g/mol. The summed E-state index contributed by atoms with van der Waals surface area (Å²) in [6.45, 7) is 4.57. The van der Waals surface area contributed by atoms with E-state index >= 15 is 0 Å². The molecule has 92 valence electrons. The minimum atomic E-state index is -3.39. The Kier molecular flexibility index (Phi) is 5.69. The number of nitrogens with zero attached hydrogens (tertiary/aromatic N) is 2. The van der Waals surface area contributed by atoms with Gasteiger partial charge in [0.05, 0.1) is 19.3 Å². The van der Waals surface area contributed by atoms with Crippen molar-refractivity contribution in [1.29, 1.82) is 5.26 Å². The largest absolute Gasteiger partial charge is 0.379 e. The monoisotopic (exact) mass is 247 g/mol. The highest BCUT2D eigenvalue weighted by Gasteiger charge is 2.11. The molecule has 0 saturated carbocycles. The molecule has 1 fully saturated rings. The van der Waals surface area contributed by atoms with Gasteiger partial charge in [0, 0.05) is 19.6 Å². The van der Waals surface area contributed by atoms with E-state index in [2.05, 4.69) is 9.62 Å². The van der Waals surface area contributed by atoms with Crippen molar-refractivity contribution < 1.29 is 13.2 Å². The van der Waals surface area contributed by atoms with Crippen molar-refractivity contribution in [3.8, 4) is 6.07 Å². The second-order valence-electron chi connectivity index (χ2n) is 3.62. The molecule has 16 heavy (non-hydrogen) atoms. The smallest absolute Gasteiger partial charge is 0.225 e. The van der Waals surface area contributed by atoms with Crippen LogP contribution in [0, 0.1) is 11.3 Å². The Morgan fingerprint density at radius 2 is 2.06 bits per heavy atom. The van der Waals surface area contributed by atoms with Gasteiger partial charge in [-0.25, -0.2) is 13.1 Å². The fourth-order valence-electron chi connectivity index (χ4n) is 1.49. The van der Waals surface area contributed by atoms with Crippen molar-refractivity contribution in [1.82, 2.24) is 9.62 Å². The number of hydrogen-bond donors (Lipinski definition) is 1. The van der Waals surface area contributed by atoms with Crippen LogP contribution >= 0.6 is 0 Å². The molecular weight excluding hydrogens is 230 g/mol. The second kappa shape index (κ2) is 6.81. The number of nitriles is 1. The van der Waals surface area contributed by atoms with Crippen molar-refractivity contribution in [3.05, 3.63) is 0 Å². The van der Waals surface area contributed by atoms with E-state index < -0.39 is 15.8 Å². The van der Waals surface area contributed by atoms with Crippen LogP contribution in [-0.2, 0) is 14.8 Å². The van der Waals surface area contributed by atoms with Crippen LogP contribution in [0.15, 0.2) is 0 Å². The Bertz CT molecular complexity index is 330. The Morgan fingerprint density at radius 1 is 1.38 bits per heavy atom. The summed E-state index contributed by atoms with van der Waals surface area (Å²) in [4.78, 5) is 2.24. The SMILES string of the molecule is N#CCS(=O)(=O)NCCCN1CCOCC1. The first-order valence-corrected chi connectivity index (χ1v) is 6.94. The highest BCUT2D eigenvalue weighted by atomic mass is 32.2. The van der Waals surface area contributed by atoms with E-state index in [1.165, 1.54) is 0 Å². The van der Waals surface area contributed by atoms with E-state index in [9.17, 15) is 8.42 Å². The molecule has 6 nitrogen and oxygen atoms in total. The maximum Gasteiger partial charge on any atom is 0.225 e. The van der Waals surface area contributed by atoms with Crippen LogP contribution in [0.5, 0.6) is 0 Å². The minimum Gasteiger partial charge on any atom is -0.379 e. The zero-order valence-corrected chi connectivity index (χ0v) is 10.0. The normalized spacial score (nSPS) is 18.2. The molecule has 1 rings (SSSR count). The first-order chi connectivity index (χ1) is 7.64. The van der Waals surface area contributed by atoms with Crippen LogP contribution in [0.25, 0.3) is 0 Å². The minimum absolute atomic E-state index is 0.390. The Hall–Kier alpha value is -0.680. The molecule has 0 bridgehead atoms. The summed E-state index contributed by atoms with van der Waals surface area (Å²) in [5.41, 5.74) is 0. The van der Waals surface area contributed by atoms with Crippen molar-refractivity contribution in [2.75, 3.05) is 45.1 Å². The number of hydrogen-bond acceptors (Lipinski definition) is 5. The van der Waals surface area contributed by atoms with Gasteiger partial charge >= 0.3 is 0 Å². The van der Waals surface area contributed by atoms with Crippen LogP contribution in [0.4, 0.5) is 0 Å². The third-order valence-electron chi connectivity index (χ3n) is 2.33. The molecule has 0 aromatic heterocycles. The lowest BCUT2D eigenvalue weighted by molar-refractivity contribution is 0.0376. The number of nitrogens with one attached hydrogen (secondary N) is 1. The Balaban J connectivity index is 2.09. The van der Waals surface area contributed by atoms with Gasteiger partial charge in [0.25, 0.3) is 0 Å². The van der Waals surface area contributed by atoms with Crippen LogP contribution in [0.1, 0.15) is 6.42 Å². The third-order valence-corrected chi connectivity index (χ3v) is 3.48. The fraction of sp³-hybridized carbons (Fsp3) is 0.889. The summed E-state index contributed by atoms with van der Waals surface area (Å²) >= 11 is 0. The van der Waals surface area contributed by atoms with E-state index in [-0.39, 0.29) is 0 Å². The first-order valence-electron chi connectivity index (χ1n) is 5.28. The third kappa shape index (κ3) is 5.42. The lowest BCUT2D eigenvalue weighted by Crippen LogP contribution is -2.38. The highest BCUT2D eigenvalue weighted by molar-refractivity contribution is 7.89. The lowest BCUT2D eigenvalue weighted by atomic mass is 10.3. The van der Waals surface area contributed by atoms with Gasteiger partial charge in [0.1, 0.15) is 0 Å². The summed E-state index contributed by atoms with van der Waals surface area (Å²) in [5, 5.41) is 8.27. The van der Waals surface area contributed by atoms with E-state index in [0.29, 0.717) is 6.54 Å². The molecule has 0 unspecified atom stereocenters. The van der Waals surface area contributed by atoms with Gasteiger partial charge < -0.3 is 4.74 Å².